The molecule has 19 heavy (non-hydrogen) atoms. The minimum absolute atomic E-state index is 0.522. The maximum atomic E-state index is 5.90. The number of fused-ring (bicyclic) bond motifs is 2. The molecular formula is C15H30N4. The first-order valence-corrected chi connectivity index (χ1v) is 8.02. The molecule has 1 heterocycles. The number of likely N-dealkylation sites (N-methyl/N-ethyl adjacent to an activating group) is 2. The Kier molecular flexibility index (Phi) is 4.13. The summed E-state index contributed by atoms with van der Waals surface area (Å²) in [7, 11) is 4.51. The number of piperazine rings is 1. The van der Waals surface area contributed by atoms with Crippen LogP contribution in [0.2, 0.25) is 0 Å². The van der Waals surface area contributed by atoms with Gasteiger partial charge in [-0.2, -0.15) is 0 Å². The highest BCUT2D eigenvalue weighted by atomic mass is 15.3. The van der Waals surface area contributed by atoms with E-state index < -0.39 is 0 Å². The lowest BCUT2D eigenvalue weighted by atomic mass is 9.81. The first-order valence-electron chi connectivity index (χ1n) is 8.02. The fraction of sp³-hybridized carbons (Fsp3) is 1.00. The first-order chi connectivity index (χ1) is 9.17. The van der Waals surface area contributed by atoms with E-state index in [0.717, 1.165) is 17.8 Å². The lowest BCUT2D eigenvalue weighted by molar-refractivity contribution is 0.0886. The second kappa shape index (κ2) is 5.68. The molecule has 0 aromatic carbocycles. The van der Waals surface area contributed by atoms with Gasteiger partial charge >= 0.3 is 0 Å². The van der Waals surface area contributed by atoms with Gasteiger partial charge in [-0.15, -0.1) is 0 Å². The third kappa shape index (κ3) is 2.82. The molecule has 5 unspecified atom stereocenters. The Hall–Kier alpha value is -0.160. The molecule has 0 aromatic rings. The van der Waals surface area contributed by atoms with Crippen LogP contribution in [-0.2, 0) is 0 Å². The Morgan fingerprint density at radius 3 is 2.68 bits per heavy atom. The van der Waals surface area contributed by atoms with Crippen LogP contribution in [-0.4, -0.2) is 55.6 Å². The molecule has 0 aromatic heterocycles. The van der Waals surface area contributed by atoms with E-state index in [1.807, 2.05) is 0 Å². The van der Waals surface area contributed by atoms with Gasteiger partial charge < -0.3 is 9.80 Å². The normalized spacial score (nSPS) is 41.8. The van der Waals surface area contributed by atoms with Gasteiger partial charge in [0.25, 0.3) is 0 Å². The summed E-state index contributed by atoms with van der Waals surface area (Å²) in [5.74, 6) is 8.70. The number of hydrazine groups is 1. The topological polar surface area (TPSA) is 44.5 Å². The maximum Gasteiger partial charge on any atom is 0.0256 e. The zero-order valence-electron chi connectivity index (χ0n) is 12.5. The first kappa shape index (κ1) is 13.8. The van der Waals surface area contributed by atoms with Gasteiger partial charge in [0, 0.05) is 31.7 Å². The summed E-state index contributed by atoms with van der Waals surface area (Å²) in [5, 5.41) is 0. The molecule has 4 nitrogen and oxygen atoms in total. The Morgan fingerprint density at radius 1 is 1.21 bits per heavy atom. The zero-order valence-corrected chi connectivity index (χ0v) is 12.5. The smallest absolute Gasteiger partial charge is 0.0256 e. The van der Waals surface area contributed by atoms with Crippen molar-refractivity contribution in [3.05, 3.63) is 0 Å². The summed E-state index contributed by atoms with van der Waals surface area (Å²) >= 11 is 0. The van der Waals surface area contributed by atoms with E-state index in [9.17, 15) is 0 Å². The van der Waals surface area contributed by atoms with E-state index in [4.69, 9.17) is 5.84 Å². The van der Waals surface area contributed by atoms with Crippen LogP contribution in [0.3, 0.4) is 0 Å². The van der Waals surface area contributed by atoms with E-state index in [-0.39, 0.29) is 0 Å². The molecule has 5 atom stereocenters. The van der Waals surface area contributed by atoms with Crippen LogP contribution in [0, 0.1) is 17.8 Å². The minimum atomic E-state index is 0.522. The molecule has 1 aliphatic heterocycles. The molecule has 0 amide bonds. The largest absolute Gasteiger partial charge is 0.304 e. The average molecular weight is 266 g/mol. The maximum absolute atomic E-state index is 5.90. The van der Waals surface area contributed by atoms with Gasteiger partial charge in [-0.05, 0) is 57.5 Å². The van der Waals surface area contributed by atoms with Crippen molar-refractivity contribution in [2.24, 2.45) is 23.6 Å². The number of hydrogen-bond acceptors (Lipinski definition) is 4. The van der Waals surface area contributed by atoms with Crippen molar-refractivity contribution in [1.29, 1.82) is 0 Å². The summed E-state index contributed by atoms with van der Waals surface area (Å²) in [4.78, 5) is 4.98. The number of nitrogens with two attached hydrogens (primary N) is 1. The van der Waals surface area contributed by atoms with Gasteiger partial charge in [0.1, 0.15) is 0 Å². The lowest BCUT2D eigenvalue weighted by Crippen LogP contribution is -2.54. The summed E-state index contributed by atoms with van der Waals surface area (Å²) in [6.45, 7) is 3.58. The highest BCUT2D eigenvalue weighted by Crippen LogP contribution is 2.50. The molecule has 2 saturated carbocycles. The summed E-state index contributed by atoms with van der Waals surface area (Å²) < 4.78 is 0. The molecule has 3 fully saturated rings. The van der Waals surface area contributed by atoms with Crippen LogP contribution in [0.15, 0.2) is 0 Å². The second-order valence-electron chi connectivity index (χ2n) is 7.24. The van der Waals surface area contributed by atoms with E-state index >= 15 is 0 Å². The van der Waals surface area contributed by atoms with E-state index in [1.165, 1.54) is 51.7 Å². The highest BCUT2D eigenvalue weighted by Gasteiger charge is 2.43. The fourth-order valence-corrected chi connectivity index (χ4v) is 4.80. The Balaban J connectivity index is 1.60. The van der Waals surface area contributed by atoms with Gasteiger partial charge in [0.05, 0.1) is 0 Å². The number of rotatable bonds is 4. The number of hydrogen-bond donors (Lipinski definition) is 2. The predicted molar refractivity (Wildman–Crippen MR) is 78.6 cm³/mol. The predicted octanol–water partition coefficient (Wildman–Crippen LogP) is 0.890. The van der Waals surface area contributed by atoms with Crippen molar-refractivity contribution in [2.45, 2.75) is 44.2 Å². The molecule has 110 valence electrons. The van der Waals surface area contributed by atoms with Crippen LogP contribution in [0.25, 0.3) is 0 Å². The molecule has 3 aliphatic rings. The molecule has 4 heteroatoms. The Morgan fingerprint density at radius 2 is 2.05 bits per heavy atom. The van der Waals surface area contributed by atoms with Gasteiger partial charge in [0.2, 0.25) is 0 Å². The van der Waals surface area contributed by atoms with Gasteiger partial charge in [-0.1, -0.05) is 6.42 Å². The van der Waals surface area contributed by atoms with Crippen LogP contribution in [0.1, 0.15) is 32.1 Å². The Labute approximate surface area is 117 Å². The van der Waals surface area contributed by atoms with E-state index in [2.05, 4.69) is 29.3 Å². The van der Waals surface area contributed by atoms with Crippen molar-refractivity contribution < 1.29 is 0 Å². The third-order valence-corrected chi connectivity index (χ3v) is 6.03. The SMILES string of the molecule is CN1CCN(C)C(CC(NN)C2CC3CCC2C3)C1. The molecular weight excluding hydrogens is 236 g/mol. The van der Waals surface area contributed by atoms with E-state index in [1.54, 1.807) is 0 Å². The number of nitrogens with zero attached hydrogens (tertiary/aromatic N) is 2. The Bertz CT molecular complexity index is 309. The summed E-state index contributed by atoms with van der Waals surface area (Å²) in [6, 6.07) is 1.19. The van der Waals surface area contributed by atoms with Crippen LogP contribution >= 0.6 is 0 Å². The van der Waals surface area contributed by atoms with Crippen molar-refractivity contribution in [3.63, 3.8) is 0 Å². The molecule has 2 aliphatic carbocycles. The standard InChI is InChI=1S/C15H30N4/c1-18-5-6-19(2)13(10-18)9-15(17-16)14-8-11-3-4-12(14)7-11/h11-15,17H,3-10,16H2,1-2H3. The average Bonchev–Trinajstić information content (AvgIpc) is 3.02. The van der Waals surface area contributed by atoms with Gasteiger partial charge in [0.15, 0.2) is 0 Å². The summed E-state index contributed by atoms with van der Waals surface area (Å²) in [5.41, 5.74) is 3.17. The monoisotopic (exact) mass is 266 g/mol. The van der Waals surface area contributed by atoms with Crippen molar-refractivity contribution >= 4 is 0 Å². The molecule has 2 bridgehead atoms. The van der Waals surface area contributed by atoms with Gasteiger partial charge in [-0.3, -0.25) is 11.3 Å². The minimum Gasteiger partial charge on any atom is -0.304 e. The van der Waals surface area contributed by atoms with E-state index in [0.29, 0.717) is 12.1 Å². The fourth-order valence-electron chi connectivity index (χ4n) is 4.80. The summed E-state index contributed by atoms with van der Waals surface area (Å²) in [6.07, 6.45) is 7.04. The third-order valence-electron chi connectivity index (χ3n) is 6.03. The van der Waals surface area contributed by atoms with Crippen molar-refractivity contribution in [1.82, 2.24) is 15.2 Å². The number of nitrogens with one attached hydrogen (secondary N) is 1. The van der Waals surface area contributed by atoms with Crippen LogP contribution in [0.4, 0.5) is 0 Å². The zero-order chi connectivity index (χ0) is 13.4. The van der Waals surface area contributed by atoms with Gasteiger partial charge in [-0.25, -0.2) is 0 Å². The molecule has 3 rings (SSSR count). The molecule has 0 radical (unpaired) electrons. The highest BCUT2D eigenvalue weighted by molar-refractivity contribution is 4.96. The molecule has 3 N–H and O–H groups in total. The van der Waals surface area contributed by atoms with Crippen molar-refractivity contribution in [2.75, 3.05) is 33.7 Å². The van der Waals surface area contributed by atoms with Crippen LogP contribution < -0.4 is 11.3 Å². The quantitative estimate of drug-likeness (QED) is 0.586. The molecule has 0 spiro atoms. The van der Waals surface area contributed by atoms with Crippen LogP contribution in [0.5, 0.6) is 0 Å². The lowest BCUT2D eigenvalue weighted by Gasteiger charge is -2.41. The molecule has 1 saturated heterocycles. The van der Waals surface area contributed by atoms with Crippen molar-refractivity contribution in [3.8, 4) is 0 Å². The second-order valence-corrected chi connectivity index (χ2v) is 7.24.